The lowest BCUT2D eigenvalue weighted by atomic mass is 10.1. The first-order valence-corrected chi connectivity index (χ1v) is 11.7. The fourth-order valence-electron chi connectivity index (χ4n) is 3.39. The first kappa shape index (κ1) is 27.0. The van der Waals surface area contributed by atoms with Crippen LogP contribution in [0.4, 0.5) is 4.79 Å². The number of aromatic nitrogens is 3. The first-order chi connectivity index (χ1) is 17.6. The van der Waals surface area contributed by atoms with E-state index in [1.165, 1.54) is 10.6 Å². The van der Waals surface area contributed by atoms with Gasteiger partial charge in [-0.3, -0.25) is 15.0 Å². The van der Waals surface area contributed by atoms with Crippen LogP contribution in [0.2, 0.25) is 0 Å². The van der Waals surface area contributed by atoms with Crippen LogP contribution in [0, 0.1) is 0 Å². The van der Waals surface area contributed by atoms with Gasteiger partial charge in [0.1, 0.15) is 17.1 Å². The van der Waals surface area contributed by atoms with E-state index in [1.54, 1.807) is 58.1 Å². The Balaban J connectivity index is 1.78. The second-order valence-electron chi connectivity index (χ2n) is 9.01. The molecule has 0 aliphatic heterocycles. The number of ether oxygens (including phenoxy) is 1. The predicted octanol–water partition coefficient (Wildman–Crippen LogP) is 5.43. The molecule has 0 amide bonds. The summed E-state index contributed by atoms with van der Waals surface area (Å²) in [6.45, 7) is 9.25. The standard InChI is InChI=1S/C27H30N6O4/c1-6-8-9-10-24-29-22(15-25(35)30-24)21(7-2)31-32-28-16-18-11-12-19-14-20(17-34)33(23(19)13-18)26(36)37-27(3,4)5/h6-15,17H,16H2,1-5H3,(H,28,31)(H,29,30,35)/b8-6-,10-9-,21-7-. The Kier molecular flexibility index (Phi) is 8.68. The third-order valence-electron chi connectivity index (χ3n) is 4.96. The summed E-state index contributed by atoms with van der Waals surface area (Å²) in [7, 11) is 0. The molecule has 3 aromatic rings. The van der Waals surface area contributed by atoms with Gasteiger partial charge in [-0.25, -0.2) is 14.3 Å². The minimum atomic E-state index is -0.708. The van der Waals surface area contributed by atoms with Gasteiger partial charge in [-0.2, -0.15) is 0 Å². The summed E-state index contributed by atoms with van der Waals surface area (Å²) < 4.78 is 6.73. The lowest BCUT2D eigenvalue weighted by Gasteiger charge is -2.20. The minimum Gasteiger partial charge on any atom is -0.443 e. The molecule has 10 heteroatoms. The summed E-state index contributed by atoms with van der Waals surface area (Å²) in [5, 5.41) is 8.93. The van der Waals surface area contributed by atoms with Gasteiger partial charge in [0.25, 0.3) is 5.56 Å². The average Bonchev–Trinajstić information content (AvgIpc) is 3.21. The number of nitrogens with one attached hydrogen (secondary N) is 2. The normalized spacial score (nSPS) is 12.7. The van der Waals surface area contributed by atoms with Gasteiger partial charge in [0.2, 0.25) is 0 Å². The lowest BCUT2D eigenvalue weighted by molar-refractivity contribution is 0.0538. The van der Waals surface area contributed by atoms with Crippen LogP contribution in [0.15, 0.2) is 69.8 Å². The Morgan fingerprint density at radius 1 is 1.19 bits per heavy atom. The van der Waals surface area contributed by atoms with Crippen molar-refractivity contribution in [3.05, 3.63) is 87.8 Å². The maximum absolute atomic E-state index is 12.7. The van der Waals surface area contributed by atoms with Crippen LogP contribution in [0.25, 0.3) is 22.7 Å². The number of fused-ring (bicyclic) bond motifs is 1. The van der Waals surface area contributed by atoms with E-state index in [-0.39, 0.29) is 11.3 Å². The molecule has 1 aromatic carbocycles. The van der Waals surface area contributed by atoms with Crippen LogP contribution in [0.3, 0.4) is 0 Å². The van der Waals surface area contributed by atoms with Gasteiger partial charge >= 0.3 is 6.09 Å². The zero-order chi connectivity index (χ0) is 27.0. The lowest BCUT2D eigenvalue weighted by Crippen LogP contribution is -2.28. The largest absolute Gasteiger partial charge is 0.443 e. The first-order valence-electron chi connectivity index (χ1n) is 11.7. The van der Waals surface area contributed by atoms with Gasteiger partial charge < -0.3 is 9.72 Å². The van der Waals surface area contributed by atoms with Crippen LogP contribution < -0.4 is 11.0 Å². The molecule has 0 saturated carbocycles. The molecule has 0 saturated heterocycles. The molecule has 2 N–H and O–H groups in total. The number of carbonyl (C=O) groups excluding carboxylic acids is 2. The minimum absolute atomic E-state index is 0.206. The predicted molar refractivity (Wildman–Crippen MR) is 143 cm³/mol. The number of rotatable bonds is 8. The monoisotopic (exact) mass is 502 g/mol. The van der Waals surface area contributed by atoms with Crippen LogP contribution in [0.1, 0.15) is 62.2 Å². The number of benzene rings is 1. The highest BCUT2D eigenvalue weighted by Crippen LogP contribution is 2.23. The molecular formula is C27H30N6O4. The van der Waals surface area contributed by atoms with Gasteiger partial charge in [0, 0.05) is 11.5 Å². The molecule has 37 heavy (non-hydrogen) atoms. The van der Waals surface area contributed by atoms with Gasteiger partial charge in [-0.05, 0) is 58.4 Å². The zero-order valence-corrected chi connectivity index (χ0v) is 21.5. The number of allylic oxidation sites excluding steroid dienone is 4. The summed E-state index contributed by atoms with van der Waals surface area (Å²) in [4.78, 5) is 43.4. The van der Waals surface area contributed by atoms with Crippen molar-refractivity contribution >= 4 is 35.1 Å². The van der Waals surface area contributed by atoms with Gasteiger partial charge in [-0.1, -0.05) is 41.7 Å². The third kappa shape index (κ3) is 7.20. The summed E-state index contributed by atoms with van der Waals surface area (Å²) in [6.07, 6.45) is 8.85. The van der Waals surface area contributed by atoms with Crippen LogP contribution in [-0.2, 0) is 11.3 Å². The quantitative estimate of drug-likeness (QED) is 0.183. The molecule has 0 fully saturated rings. The van der Waals surface area contributed by atoms with Crippen molar-refractivity contribution in [2.75, 3.05) is 0 Å². The second-order valence-corrected chi connectivity index (χ2v) is 9.01. The average molecular weight is 503 g/mol. The summed E-state index contributed by atoms with van der Waals surface area (Å²) >= 11 is 0. The third-order valence-corrected chi connectivity index (χ3v) is 4.96. The topological polar surface area (TPSA) is 131 Å². The Labute approximate surface area is 214 Å². The molecule has 0 spiro atoms. The fraction of sp³-hybridized carbons (Fsp3) is 0.259. The SMILES string of the molecule is C/C=C\C=C/c1nc(C(=C/C)/N=N\NCc2ccc3cc(C=O)n(C(=O)OC(C)(C)C)c3c2)cc(=O)[nH]1. The van der Waals surface area contributed by atoms with E-state index in [9.17, 15) is 14.4 Å². The maximum atomic E-state index is 12.7. The smallest absolute Gasteiger partial charge is 0.419 e. The van der Waals surface area contributed by atoms with Crippen molar-refractivity contribution in [2.24, 2.45) is 10.3 Å². The molecule has 0 bridgehead atoms. The van der Waals surface area contributed by atoms with E-state index in [0.29, 0.717) is 35.6 Å². The van der Waals surface area contributed by atoms with Gasteiger partial charge in [0.05, 0.1) is 23.4 Å². The number of aromatic amines is 1. The van der Waals surface area contributed by atoms with E-state index >= 15 is 0 Å². The van der Waals surface area contributed by atoms with Crippen molar-refractivity contribution in [1.29, 1.82) is 0 Å². The number of nitrogens with zero attached hydrogens (tertiary/aromatic N) is 4. The van der Waals surface area contributed by atoms with E-state index in [1.807, 2.05) is 31.2 Å². The molecule has 0 atom stereocenters. The molecule has 0 aliphatic rings. The van der Waals surface area contributed by atoms with Crippen molar-refractivity contribution in [2.45, 2.75) is 46.8 Å². The number of hydrogen-bond donors (Lipinski definition) is 2. The Hall–Kier alpha value is -4.60. The molecule has 0 aliphatic carbocycles. The highest BCUT2D eigenvalue weighted by molar-refractivity contribution is 5.97. The summed E-state index contributed by atoms with van der Waals surface area (Å²) in [6, 6.07) is 8.45. The van der Waals surface area contributed by atoms with E-state index in [0.717, 1.165) is 10.9 Å². The molecule has 0 unspecified atom stereocenters. The van der Waals surface area contributed by atoms with Crippen LogP contribution in [0.5, 0.6) is 0 Å². The van der Waals surface area contributed by atoms with Crippen molar-refractivity contribution in [3.8, 4) is 0 Å². The van der Waals surface area contributed by atoms with E-state index in [4.69, 9.17) is 4.74 Å². The zero-order valence-electron chi connectivity index (χ0n) is 21.5. The Bertz CT molecular complexity index is 1470. The molecule has 10 nitrogen and oxygen atoms in total. The highest BCUT2D eigenvalue weighted by atomic mass is 16.6. The second kappa shape index (κ2) is 11.9. The molecule has 3 rings (SSSR count). The number of aldehydes is 1. The van der Waals surface area contributed by atoms with E-state index < -0.39 is 11.7 Å². The molecule has 0 radical (unpaired) electrons. The number of H-pyrrole nitrogens is 1. The van der Waals surface area contributed by atoms with Crippen molar-refractivity contribution in [1.82, 2.24) is 20.0 Å². The van der Waals surface area contributed by atoms with Crippen molar-refractivity contribution in [3.63, 3.8) is 0 Å². The fourth-order valence-corrected chi connectivity index (χ4v) is 3.39. The molecular weight excluding hydrogens is 472 g/mol. The molecule has 2 aromatic heterocycles. The van der Waals surface area contributed by atoms with Crippen LogP contribution in [-0.4, -0.2) is 32.5 Å². The van der Waals surface area contributed by atoms with Crippen LogP contribution >= 0.6 is 0 Å². The summed E-state index contributed by atoms with van der Waals surface area (Å²) in [5.74, 6) is 0.402. The molecule has 2 heterocycles. The number of carbonyl (C=O) groups is 2. The highest BCUT2D eigenvalue weighted by Gasteiger charge is 2.22. The van der Waals surface area contributed by atoms with Crippen molar-refractivity contribution < 1.29 is 14.3 Å². The molecule has 192 valence electrons. The Morgan fingerprint density at radius 2 is 1.97 bits per heavy atom. The maximum Gasteiger partial charge on any atom is 0.419 e. The van der Waals surface area contributed by atoms with Gasteiger partial charge in [-0.15, -0.1) is 5.11 Å². The Morgan fingerprint density at radius 3 is 2.65 bits per heavy atom. The summed E-state index contributed by atoms with van der Waals surface area (Å²) in [5.41, 5.74) is 4.22. The van der Waals surface area contributed by atoms with Gasteiger partial charge in [0.15, 0.2) is 6.29 Å². The number of hydrogen-bond acceptors (Lipinski definition) is 7. The van der Waals surface area contributed by atoms with E-state index in [2.05, 4.69) is 25.7 Å².